The Bertz CT molecular complexity index is 968. The summed E-state index contributed by atoms with van der Waals surface area (Å²) in [7, 11) is -1.47. The maximum Gasteiger partial charge on any atom is 0.264 e. The number of piperidine rings is 1. The molecule has 2 heterocycles. The van der Waals surface area contributed by atoms with Crippen molar-refractivity contribution in [1.29, 1.82) is 0 Å². The van der Waals surface area contributed by atoms with Crippen molar-refractivity contribution in [3.8, 4) is 0 Å². The molecule has 2 aromatic rings. The van der Waals surface area contributed by atoms with Gasteiger partial charge < -0.3 is 4.90 Å². The molecule has 1 fully saturated rings. The molecule has 26 heavy (non-hydrogen) atoms. The molecule has 0 amide bonds. The Hall–Kier alpha value is -1.85. The van der Waals surface area contributed by atoms with E-state index in [1.165, 1.54) is 11.1 Å². The molecule has 0 radical (unpaired) electrons. The monoisotopic (exact) mass is 370 g/mol. The number of benzene rings is 2. The second-order valence-corrected chi connectivity index (χ2v) is 9.64. The lowest BCUT2D eigenvalue weighted by Gasteiger charge is -2.37. The highest BCUT2D eigenvalue weighted by Crippen LogP contribution is 2.47. The van der Waals surface area contributed by atoms with Crippen LogP contribution in [0.4, 0.5) is 5.69 Å². The number of fused-ring (bicyclic) bond motifs is 3. The third-order valence-corrected chi connectivity index (χ3v) is 7.77. The zero-order valence-electron chi connectivity index (χ0n) is 15.9. The number of likely N-dealkylation sites (tertiary alicyclic amines) is 1. The molecule has 2 atom stereocenters. The molecular formula is C21H26N2O2S. The van der Waals surface area contributed by atoms with Crippen LogP contribution in [-0.4, -0.2) is 39.5 Å². The van der Waals surface area contributed by atoms with Crippen molar-refractivity contribution in [3.63, 3.8) is 0 Å². The maximum absolute atomic E-state index is 13.7. The zero-order valence-corrected chi connectivity index (χ0v) is 16.7. The van der Waals surface area contributed by atoms with Gasteiger partial charge in [-0.05, 0) is 64.0 Å². The molecule has 1 saturated heterocycles. The van der Waals surface area contributed by atoms with Crippen molar-refractivity contribution in [3.05, 3.63) is 58.7 Å². The van der Waals surface area contributed by atoms with Crippen LogP contribution in [0.1, 0.15) is 34.6 Å². The van der Waals surface area contributed by atoms with Crippen molar-refractivity contribution in [2.24, 2.45) is 0 Å². The van der Waals surface area contributed by atoms with Crippen LogP contribution in [-0.2, 0) is 10.0 Å². The predicted molar refractivity (Wildman–Crippen MR) is 105 cm³/mol. The van der Waals surface area contributed by atoms with Crippen molar-refractivity contribution in [2.75, 3.05) is 24.4 Å². The van der Waals surface area contributed by atoms with Gasteiger partial charge in [0.2, 0.25) is 0 Å². The number of aryl methyl sites for hydroxylation is 3. The number of likely N-dealkylation sites (N-methyl/N-ethyl adjacent to an activating group) is 1. The molecule has 0 unspecified atom stereocenters. The molecule has 0 bridgehead atoms. The van der Waals surface area contributed by atoms with Crippen LogP contribution < -0.4 is 4.31 Å². The van der Waals surface area contributed by atoms with Gasteiger partial charge in [-0.25, -0.2) is 8.42 Å². The summed E-state index contributed by atoms with van der Waals surface area (Å²) < 4.78 is 29.0. The molecule has 0 aliphatic carbocycles. The van der Waals surface area contributed by atoms with Gasteiger partial charge >= 0.3 is 0 Å². The minimum absolute atomic E-state index is 0.00806. The Labute approximate surface area is 156 Å². The van der Waals surface area contributed by atoms with Crippen LogP contribution in [0, 0.1) is 20.8 Å². The van der Waals surface area contributed by atoms with Gasteiger partial charge in [0.05, 0.1) is 16.6 Å². The van der Waals surface area contributed by atoms with Crippen molar-refractivity contribution in [2.45, 2.75) is 44.0 Å². The van der Waals surface area contributed by atoms with E-state index in [2.05, 4.69) is 24.9 Å². The number of rotatable bonds is 2. The first kappa shape index (κ1) is 17.6. The molecule has 2 aromatic carbocycles. The summed E-state index contributed by atoms with van der Waals surface area (Å²) in [5.41, 5.74) is 5.11. The molecule has 2 aliphatic heterocycles. The molecule has 5 heteroatoms. The van der Waals surface area contributed by atoms with Crippen LogP contribution in [0.3, 0.4) is 0 Å². The Morgan fingerprint density at radius 1 is 1.00 bits per heavy atom. The first-order valence-corrected chi connectivity index (χ1v) is 10.6. The molecule has 138 valence electrons. The average Bonchev–Trinajstić information content (AvgIpc) is 2.88. The smallest absolute Gasteiger partial charge is 0.264 e. The lowest BCUT2D eigenvalue weighted by molar-refractivity contribution is 0.237. The Morgan fingerprint density at radius 3 is 2.42 bits per heavy atom. The predicted octanol–water partition coefficient (Wildman–Crippen LogP) is 3.61. The Kier molecular flexibility index (Phi) is 4.12. The van der Waals surface area contributed by atoms with Gasteiger partial charge in [0.15, 0.2) is 0 Å². The molecule has 0 aromatic heterocycles. The SMILES string of the molecule is Cc1ccc(S(=O)(=O)N2c3ccc(C)cc3[C@H]3CN(C)CC[C@@H]32)c(C)c1. The number of hydrogen-bond acceptors (Lipinski definition) is 3. The van der Waals surface area contributed by atoms with Crippen LogP contribution in [0.25, 0.3) is 0 Å². The van der Waals surface area contributed by atoms with E-state index in [0.29, 0.717) is 4.90 Å². The summed E-state index contributed by atoms with van der Waals surface area (Å²) in [6, 6.07) is 11.8. The van der Waals surface area contributed by atoms with Gasteiger partial charge in [-0.1, -0.05) is 35.4 Å². The van der Waals surface area contributed by atoms with Crippen molar-refractivity contribution >= 4 is 15.7 Å². The summed E-state index contributed by atoms with van der Waals surface area (Å²) in [6.07, 6.45) is 0.860. The average molecular weight is 371 g/mol. The summed E-state index contributed by atoms with van der Waals surface area (Å²) in [6.45, 7) is 7.78. The van der Waals surface area contributed by atoms with E-state index in [4.69, 9.17) is 0 Å². The summed E-state index contributed by atoms with van der Waals surface area (Å²) in [4.78, 5) is 2.73. The lowest BCUT2D eigenvalue weighted by atomic mass is 9.89. The fourth-order valence-corrected chi connectivity index (χ4v) is 6.49. The fraction of sp³-hybridized carbons (Fsp3) is 0.429. The lowest BCUT2D eigenvalue weighted by Crippen LogP contribution is -2.47. The van der Waals surface area contributed by atoms with Crippen molar-refractivity contribution < 1.29 is 8.42 Å². The van der Waals surface area contributed by atoms with E-state index >= 15 is 0 Å². The minimum Gasteiger partial charge on any atom is -0.306 e. The van der Waals surface area contributed by atoms with Crippen LogP contribution in [0.15, 0.2) is 41.3 Å². The number of sulfonamides is 1. The number of anilines is 1. The molecular weight excluding hydrogens is 344 g/mol. The first-order chi connectivity index (χ1) is 12.3. The topological polar surface area (TPSA) is 40.6 Å². The largest absolute Gasteiger partial charge is 0.306 e. The fourth-order valence-electron chi connectivity index (χ4n) is 4.54. The van der Waals surface area contributed by atoms with Gasteiger partial charge in [-0.15, -0.1) is 0 Å². The van der Waals surface area contributed by atoms with Gasteiger partial charge in [0.25, 0.3) is 10.0 Å². The van der Waals surface area contributed by atoms with E-state index < -0.39 is 10.0 Å². The first-order valence-electron chi connectivity index (χ1n) is 9.20. The quantitative estimate of drug-likeness (QED) is 0.811. The molecule has 4 rings (SSSR count). The minimum atomic E-state index is -3.59. The maximum atomic E-state index is 13.7. The van der Waals surface area contributed by atoms with Crippen LogP contribution >= 0.6 is 0 Å². The summed E-state index contributed by atoms with van der Waals surface area (Å²) in [5.74, 6) is 0.240. The van der Waals surface area contributed by atoms with E-state index in [1.807, 2.05) is 38.1 Å². The van der Waals surface area contributed by atoms with E-state index in [-0.39, 0.29) is 12.0 Å². The van der Waals surface area contributed by atoms with Gasteiger partial charge in [0.1, 0.15) is 0 Å². The third kappa shape index (κ3) is 2.65. The zero-order chi connectivity index (χ0) is 18.6. The second kappa shape index (κ2) is 6.10. The highest BCUT2D eigenvalue weighted by molar-refractivity contribution is 7.93. The summed E-state index contributed by atoms with van der Waals surface area (Å²) in [5, 5.41) is 0. The van der Waals surface area contributed by atoms with E-state index in [0.717, 1.165) is 36.3 Å². The van der Waals surface area contributed by atoms with Gasteiger partial charge in [-0.3, -0.25) is 4.31 Å². The second-order valence-electron chi connectivity index (χ2n) is 7.86. The normalized spacial score (nSPS) is 23.0. The molecule has 0 saturated carbocycles. The third-order valence-electron chi connectivity index (χ3n) is 5.77. The molecule has 0 N–H and O–H groups in total. The van der Waals surface area contributed by atoms with E-state index in [1.54, 1.807) is 10.4 Å². The van der Waals surface area contributed by atoms with Gasteiger partial charge in [0, 0.05) is 12.5 Å². The van der Waals surface area contributed by atoms with E-state index in [9.17, 15) is 8.42 Å². The Morgan fingerprint density at radius 2 is 1.69 bits per heavy atom. The standard InChI is InChI=1S/C21H26N2O2S/c1-14-6-8-21(16(3)11-14)26(24,25)23-19-7-5-15(2)12-17(19)18-13-22(4)10-9-20(18)23/h5-8,11-12,18,20H,9-10,13H2,1-4H3/t18-,20+/m1/s1. The Balaban J connectivity index is 1.88. The molecule has 0 spiro atoms. The highest BCUT2D eigenvalue weighted by atomic mass is 32.2. The highest BCUT2D eigenvalue weighted by Gasteiger charge is 2.46. The van der Waals surface area contributed by atoms with Crippen LogP contribution in [0.2, 0.25) is 0 Å². The van der Waals surface area contributed by atoms with Crippen molar-refractivity contribution in [1.82, 2.24) is 4.90 Å². The summed E-state index contributed by atoms with van der Waals surface area (Å²) >= 11 is 0. The number of hydrogen-bond donors (Lipinski definition) is 0. The van der Waals surface area contributed by atoms with Gasteiger partial charge in [-0.2, -0.15) is 0 Å². The van der Waals surface area contributed by atoms with Crippen LogP contribution in [0.5, 0.6) is 0 Å². The number of nitrogens with zero attached hydrogens (tertiary/aromatic N) is 2. The molecule has 2 aliphatic rings. The molecule has 4 nitrogen and oxygen atoms in total.